The minimum atomic E-state index is -1.05. The smallest absolute Gasteiger partial charge is 0.303 e. The van der Waals surface area contributed by atoms with Gasteiger partial charge in [0.2, 0.25) is 0 Å². The summed E-state index contributed by atoms with van der Waals surface area (Å²) in [6.45, 7) is 5.85. The van der Waals surface area contributed by atoms with Crippen LogP contribution in [0, 0.1) is 6.92 Å². The number of carbonyl (C=O) groups excluding carboxylic acids is 3. The fourth-order valence-corrected chi connectivity index (χ4v) is 5.78. The van der Waals surface area contributed by atoms with E-state index in [0.29, 0.717) is 12.2 Å². The first-order valence-corrected chi connectivity index (χ1v) is 15.0. The van der Waals surface area contributed by atoms with Crippen molar-refractivity contribution in [1.82, 2.24) is 20.6 Å². The van der Waals surface area contributed by atoms with Crippen LogP contribution in [0.4, 0.5) is 0 Å². The number of hydrogen-bond donors (Lipinski definition) is 1. The van der Waals surface area contributed by atoms with Gasteiger partial charge in [-0.1, -0.05) is 47.7 Å². The Balaban J connectivity index is 1.56. The SMILES string of the molecule is CSC1OC(c2ccc(C)c(Cc3ccc(CCCc4nn[nH]n4)cc3)c2)C(OC(C)=O)C(OC(C)=O)C1OC(C)=O. The van der Waals surface area contributed by atoms with Crippen LogP contribution in [-0.4, -0.2) is 68.5 Å². The monoisotopic (exact) mass is 596 g/mol. The molecule has 0 spiro atoms. The first-order chi connectivity index (χ1) is 20.1. The van der Waals surface area contributed by atoms with Gasteiger partial charge in [-0.3, -0.25) is 14.4 Å². The van der Waals surface area contributed by atoms with Gasteiger partial charge in [-0.15, -0.1) is 22.0 Å². The third-order valence-electron chi connectivity index (χ3n) is 7.01. The third-order valence-corrected chi connectivity index (χ3v) is 7.85. The van der Waals surface area contributed by atoms with Crippen LogP contribution in [0.25, 0.3) is 0 Å². The molecule has 1 aromatic heterocycles. The van der Waals surface area contributed by atoms with E-state index in [-0.39, 0.29) is 0 Å². The van der Waals surface area contributed by atoms with E-state index in [0.717, 1.165) is 41.5 Å². The zero-order valence-corrected chi connectivity index (χ0v) is 25.2. The molecule has 0 amide bonds. The summed E-state index contributed by atoms with van der Waals surface area (Å²) in [5.41, 5.74) is 4.65. The molecule has 1 N–H and O–H groups in total. The minimum Gasteiger partial charge on any atom is -0.455 e. The summed E-state index contributed by atoms with van der Waals surface area (Å²) in [6, 6.07) is 14.5. The number of thioether (sulfide) groups is 1. The lowest BCUT2D eigenvalue weighted by atomic mass is 9.90. The Morgan fingerprint density at radius 3 is 2.14 bits per heavy atom. The molecule has 0 radical (unpaired) electrons. The fraction of sp³-hybridized carbons (Fsp3) is 0.467. The van der Waals surface area contributed by atoms with Gasteiger partial charge in [-0.25, -0.2) is 0 Å². The van der Waals surface area contributed by atoms with Gasteiger partial charge in [0.25, 0.3) is 0 Å². The molecule has 5 unspecified atom stereocenters. The average molecular weight is 597 g/mol. The number of aryl methyl sites for hydroxylation is 3. The van der Waals surface area contributed by atoms with E-state index in [2.05, 4.69) is 44.9 Å². The molecule has 12 heteroatoms. The van der Waals surface area contributed by atoms with Gasteiger partial charge in [0.05, 0.1) is 0 Å². The number of hydrogen-bond acceptors (Lipinski definition) is 11. The molecule has 3 aromatic rings. The highest BCUT2D eigenvalue weighted by molar-refractivity contribution is 7.99. The van der Waals surface area contributed by atoms with Crippen LogP contribution in [0.1, 0.15) is 66.9 Å². The van der Waals surface area contributed by atoms with Crippen molar-refractivity contribution in [2.45, 2.75) is 83.2 Å². The van der Waals surface area contributed by atoms with Crippen LogP contribution >= 0.6 is 11.8 Å². The van der Waals surface area contributed by atoms with Gasteiger partial charge in [0.15, 0.2) is 24.1 Å². The number of benzene rings is 2. The van der Waals surface area contributed by atoms with Crippen LogP contribution in [-0.2, 0) is 52.6 Å². The van der Waals surface area contributed by atoms with Gasteiger partial charge in [0, 0.05) is 27.2 Å². The Labute approximate surface area is 249 Å². The second-order valence-corrected chi connectivity index (χ2v) is 11.2. The Hall–Kier alpha value is -3.77. The maximum absolute atomic E-state index is 12.2. The molecule has 1 aliphatic rings. The highest BCUT2D eigenvalue weighted by Gasteiger charge is 2.52. The molecule has 42 heavy (non-hydrogen) atoms. The maximum atomic E-state index is 12.2. The number of esters is 3. The lowest BCUT2D eigenvalue weighted by molar-refractivity contribution is -0.233. The molecule has 0 saturated carbocycles. The molecule has 5 atom stereocenters. The predicted octanol–water partition coefficient (Wildman–Crippen LogP) is 3.83. The van der Waals surface area contributed by atoms with Crippen LogP contribution < -0.4 is 0 Å². The second kappa shape index (κ2) is 14.4. The maximum Gasteiger partial charge on any atom is 0.303 e. The van der Waals surface area contributed by atoms with E-state index >= 15 is 0 Å². The van der Waals surface area contributed by atoms with Crippen molar-refractivity contribution in [3.05, 3.63) is 76.1 Å². The molecular weight excluding hydrogens is 560 g/mol. The van der Waals surface area contributed by atoms with Gasteiger partial charge >= 0.3 is 17.9 Å². The third kappa shape index (κ3) is 8.16. The number of aromatic amines is 1. The molecule has 2 heterocycles. The largest absolute Gasteiger partial charge is 0.455 e. The summed E-state index contributed by atoms with van der Waals surface area (Å²) in [5.74, 6) is -1.00. The van der Waals surface area contributed by atoms with Gasteiger partial charge in [-0.2, -0.15) is 5.21 Å². The molecule has 0 aliphatic carbocycles. The van der Waals surface area contributed by atoms with Crippen molar-refractivity contribution < 1.29 is 33.3 Å². The highest BCUT2D eigenvalue weighted by Crippen LogP contribution is 2.40. The second-order valence-electron chi connectivity index (χ2n) is 10.2. The number of rotatable bonds is 11. The standard InChI is InChI=1S/C30H36N4O7S/c1-17-9-14-23(16-24(17)15-22-12-10-21(11-13-22)7-6-8-25-31-33-34-32-25)26-27(38-18(2)35)28(39-19(3)36)29(40-20(4)37)30(41-26)42-5/h9-14,16,26-30H,6-8,15H2,1-5H3,(H,31,32,33,34). The number of ether oxygens (including phenoxy) is 4. The zero-order valence-electron chi connectivity index (χ0n) is 24.4. The van der Waals surface area contributed by atoms with Crippen molar-refractivity contribution in [3.63, 3.8) is 0 Å². The molecule has 224 valence electrons. The van der Waals surface area contributed by atoms with Gasteiger partial charge < -0.3 is 18.9 Å². The van der Waals surface area contributed by atoms with Gasteiger partial charge in [0.1, 0.15) is 11.5 Å². The molecule has 0 bridgehead atoms. The van der Waals surface area contributed by atoms with E-state index in [1.54, 1.807) is 0 Å². The van der Waals surface area contributed by atoms with Crippen LogP contribution in [0.2, 0.25) is 0 Å². The van der Waals surface area contributed by atoms with E-state index in [9.17, 15) is 14.4 Å². The fourth-order valence-electron chi connectivity index (χ4n) is 5.07. The lowest BCUT2D eigenvalue weighted by Gasteiger charge is -2.44. The van der Waals surface area contributed by atoms with Crippen LogP contribution in [0.5, 0.6) is 0 Å². The molecule has 4 rings (SSSR count). The van der Waals surface area contributed by atoms with E-state index in [4.69, 9.17) is 18.9 Å². The first kappa shape index (κ1) is 31.2. The van der Waals surface area contributed by atoms with Crippen LogP contribution in [0.3, 0.4) is 0 Å². The Morgan fingerprint density at radius 2 is 1.52 bits per heavy atom. The summed E-state index contributed by atoms with van der Waals surface area (Å²) in [6.07, 6.45) is 1.29. The van der Waals surface area contributed by atoms with E-state index in [1.807, 2.05) is 31.4 Å². The summed E-state index contributed by atoms with van der Waals surface area (Å²) >= 11 is 1.32. The summed E-state index contributed by atoms with van der Waals surface area (Å²) in [4.78, 5) is 36.2. The van der Waals surface area contributed by atoms with E-state index in [1.165, 1.54) is 38.1 Å². The first-order valence-electron chi connectivity index (χ1n) is 13.7. The van der Waals surface area contributed by atoms with Crippen LogP contribution in [0.15, 0.2) is 42.5 Å². The zero-order chi connectivity index (χ0) is 30.2. The molecule has 11 nitrogen and oxygen atoms in total. The van der Waals surface area contributed by atoms with Gasteiger partial charge in [-0.05, 0) is 60.3 Å². The Morgan fingerprint density at radius 1 is 0.881 bits per heavy atom. The van der Waals surface area contributed by atoms with Crippen molar-refractivity contribution in [1.29, 1.82) is 0 Å². The summed E-state index contributed by atoms with van der Waals surface area (Å²) in [5, 5.41) is 14.1. The highest BCUT2D eigenvalue weighted by atomic mass is 32.2. The number of nitrogens with zero attached hydrogens (tertiary/aromatic N) is 3. The quantitative estimate of drug-likeness (QED) is 0.255. The Kier molecular flexibility index (Phi) is 10.7. The average Bonchev–Trinajstić information content (AvgIpc) is 3.46. The minimum absolute atomic E-state index is 0.560. The number of tetrazole rings is 1. The Bertz CT molecular complexity index is 1370. The predicted molar refractivity (Wildman–Crippen MR) is 154 cm³/mol. The molecule has 2 aromatic carbocycles. The molecule has 1 aliphatic heterocycles. The topological polar surface area (TPSA) is 143 Å². The van der Waals surface area contributed by atoms with Crippen molar-refractivity contribution >= 4 is 29.7 Å². The molecule has 1 fully saturated rings. The summed E-state index contributed by atoms with van der Waals surface area (Å²) < 4.78 is 23.2. The number of aromatic nitrogens is 4. The molecular formula is C30H36N4O7S. The van der Waals surface area contributed by atoms with E-state index < -0.39 is 47.8 Å². The van der Waals surface area contributed by atoms with Crippen molar-refractivity contribution in [2.75, 3.05) is 6.26 Å². The molecule has 1 saturated heterocycles. The number of H-pyrrole nitrogens is 1. The lowest BCUT2D eigenvalue weighted by Crippen LogP contribution is -2.57. The number of carbonyl (C=O) groups is 3. The summed E-state index contributed by atoms with van der Waals surface area (Å²) in [7, 11) is 0. The van der Waals surface area contributed by atoms with Crippen molar-refractivity contribution in [3.8, 4) is 0 Å². The number of nitrogens with one attached hydrogen (secondary N) is 1. The normalized spacial score (nSPS) is 21.9. The van der Waals surface area contributed by atoms with Crippen molar-refractivity contribution in [2.24, 2.45) is 0 Å².